The minimum absolute atomic E-state index is 0.0249. The van der Waals surface area contributed by atoms with Crippen LogP contribution in [0, 0.1) is 17.5 Å². The number of rotatable bonds is 6. The monoisotopic (exact) mass is 351 g/mol. The zero-order valence-corrected chi connectivity index (χ0v) is 13.1. The van der Waals surface area contributed by atoms with Crippen molar-refractivity contribution in [3.8, 4) is 0 Å². The SMILES string of the molecule is NC(=NCC(=O)Nc1ccc(F)c(F)c1F)NCCc1ccccn1. The van der Waals surface area contributed by atoms with Gasteiger partial charge in [-0.05, 0) is 24.3 Å². The van der Waals surface area contributed by atoms with Crippen molar-refractivity contribution < 1.29 is 18.0 Å². The highest BCUT2D eigenvalue weighted by Crippen LogP contribution is 2.19. The Kier molecular flexibility index (Phi) is 6.33. The Morgan fingerprint density at radius 1 is 1.16 bits per heavy atom. The highest BCUT2D eigenvalue weighted by Gasteiger charge is 2.14. The zero-order valence-electron chi connectivity index (χ0n) is 13.1. The van der Waals surface area contributed by atoms with E-state index in [1.54, 1.807) is 12.3 Å². The third kappa shape index (κ3) is 5.48. The van der Waals surface area contributed by atoms with E-state index in [0.717, 1.165) is 11.8 Å². The lowest BCUT2D eigenvalue weighted by Crippen LogP contribution is -2.34. The number of hydrogen-bond acceptors (Lipinski definition) is 3. The molecule has 0 spiro atoms. The van der Waals surface area contributed by atoms with Crippen molar-refractivity contribution in [3.05, 3.63) is 59.7 Å². The Hall–Kier alpha value is -3.10. The number of pyridine rings is 1. The lowest BCUT2D eigenvalue weighted by Gasteiger charge is -2.07. The molecule has 1 aromatic carbocycles. The van der Waals surface area contributed by atoms with Crippen LogP contribution in [0.1, 0.15) is 5.69 Å². The third-order valence-corrected chi connectivity index (χ3v) is 3.12. The number of nitrogens with two attached hydrogens (primary N) is 1. The van der Waals surface area contributed by atoms with Crippen molar-refractivity contribution in [1.82, 2.24) is 10.3 Å². The molecule has 1 aromatic heterocycles. The molecular weight excluding hydrogens is 335 g/mol. The molecule has 0 atom stereocenters. The third-order valence-electron chi connectivity index (χ3n) is 3.12. The number of benzene rings is 1. The van der Waals surface area contributed by atoms with E-state index in [9.17, 15) is 18.0 Å². The Morgan fingerprint density at radius 2 is 1.96 bits per heavy atom. The van der Waals surface area contributed by atoms with Crippen molar-refractivity contribution in [2.45, 2.75) is 6.42 Å². The molecule has 6 nitrogen and oxygen atoms in total. The van der Waals surface area contributed by atoms with E-state index >= 15 is 0 Å². The second-order valence-electron chi connectivity index (χ2n) is 4.97. The van der Waals surface area contributed by atoms with Crippen molar-refractivity contribution in [2.24, 2.45) is 10.7 Å². The first kappa shape index (κ1) is 18.2. The second kappa shape index (κ2) is 8.67. The number of aromatic nitrogens is 1. The van der Waals surface area contributed by atoms with Gasteiger partial charge >= 0.3 is 0 Å². The van der Waals surface area contributed by atoms with Crippen LogP contribution in [0.2, 0.25) is 0 Å². The van der Waals surface area contributed by atoms with Gasteiger partial charge < -0.3 is 16.4 Å². The molecule has 0 saturated carbocycles. The maximum absolute atomic E-state index is 13.4. The van der Waals surface area contributed by atoms with E-state index in [-0.39, 0.29) is 5.96 Å². The Balaban J connectivity index is 1.80. The van der Waals surface area contributed by atoms with Crippen LogP contribution in [0.4, 0.5) is 18.9 Å². The number of nitrogens with zero attached hydrogens (tertiary/aromatic N) is 2. The number of hydrogen-bond donors (Lipinski definition) is 3. The van der Waals surface area contributed by atoms with Crippen molar-refractivity contribution in [2.75, 3.05) is 18.4 Å². The molecular formula is C16H16F3N5O. The van der Waals surface area contributed by atoms with Crippen LogP contribution in [0.15, 0.2) is 41.5 Å². The lowest BCUT2D eigenvalue weighted by molar-refractivity contribution is -0.114. The molecule has 0 radical (unpaired) electrons. The first-order valence-corrected chi connectivity index (χ1v) is 7.34. The average molecular weight is 351 g/mol. The quantitative estimate of drug-likeness (QED) is 0.419. The fourth-order valence-electron chi connectivity index (χ4n) is 1.89. The first-order valence-electron chi connectivity index (χ1n) is 7.34. The predicted octanol–water partition coefficient (Wildman–Crippen LogP) is 1.58. The molecule has 9 heteroatoms. The molecule has 0 aliphatic carbocycles. The fourth-order valence-corrected chi connectivity index (χ4v) is 1.89. The number of guanidine groups is 1. The van der Waals surface area contributed by atoms with Crippen LogP contribution in [0.25, 0.3) is 0 Å². The standard InChI is InChI=1S/C16H16F3N5O/c17-11-4-5-12(15(19)14(11)18)24-13(25)9-23-16(20)22-8-6-10-3-1-2-7-21-10/h1-5,7H,6,8-9H2,(H,24,25)(H3,20,22,23). The molecule has 0 saturated heterocycles. The normalized spacial score (nSPS) is 11.2. The maximum Gasteiger partial charge on any atom is 0.246 e. The van der Waals surface area contributed by atoms with Gasteiger partial charge in [0.25, 0.3) is 0 Å². The van der Waals surface area contributed by atoms with E-state index < -0.39 is 35.6 Å². The number of aliphatic imine (C=N–C) groups is 1. The molecule has 25 heavy (non-hydrogen) atoms. The molecule has 0 fully saturated rings. The van der Waals surface area contributed by atoms with Crippen LogP contribution in [-0.2, 0) is 11.2 Å². The van der Waals surface area contributed by atoms with Gasteiger partial charge in [0, 0.05) is 24.9 Å². The van der Waals surface area contributed by atoms with Gasteiger partial charge in [-0.25, -0.2) is 18.2 Å². The van der Waals surface area contributed by atoms with E-state index in [2.05, 4.69) is 20.6 Å². The minimum atomic E-state index is -1.66. The van der Waals surface area contributed by atoms with Gasteiger partial charge in [0.05, 0.1) is 5.69 Å². The molecule has 1 heterocycles. The summed E-state index contributed by atoms with van der Waals surface area (Å²) < 4.78 is 39.3. The smallest absolute Gasteiger partial charge is 0.246 e. The van der Waals surface area contributed by atoms with Gasteiger partial charge in [-0.15, -0.1) is 0 Å². The largest absolute Gasteiger partial charge is 0.370 e. The molecule has 4 N–H and O–H groups in total. The second-order valence-corrected chi connectivity index (χ2v) is 4.97. The van der Waals surface area contributed by atoms with Gasteiger partial charge in [-0.2, -0.15) is 0 Å². The summed E-state index contributed by atoms with van der Waals surface area (Å²) in [5.74, 6) is -5.16. The van der Waals surface area contributed by atoms with Crippen LogP contribution in [-0.4, -0.2) is 29.9 Å². The molecule has 0 aliphatic rings. The molecule has 2 rings (SSSR count). The lowest BCUT2D eigenvalue weighted by atomic mass is 10.2. The Morgan fingerprint density at radius 3 is 2.68 bits per heavy atom. The molecule has 0 bridgehead atoms. The van der Waals surface area contributed by atoms with Crippen molar-refractivity contribution >= 4 is 17.6 Å². The van der Waals surface area contributed by atoms with Crippen LogP contribution in [0.3, 0.4) is 0 Å². The van der Waals surface area contributed by atoms with E-state index in [0.29, 0.717) is 19.0 Å². The van der Waals surface area contributed by atoms with Crippen LogP contribution in [0.5, 0.6) is 0 Å². The van der Waals surface area contributed by atoms with E-state index in [1.807, 2.05) is 12.1 Å². The Labute approximate surface area is 142 Å². The summed E-state index contributed by atoms with van der Waals surface area (Å²) in [6, 6.07) is 7.16. The Bertz CT molecular complexity index is 768. The number of carbonyl (C=O) groups is 1. The van der Waals surface area contributed by atoms with Gasteiger partial charge in [0.2, 0.25) is 5.91 Å². The van der Waals surface area contributed by atoms with Crippen molar-refractivity contribution in [1.29, 1.82) is 0 Å². The summed E-state index contributed by atoms with van der Waals surface area (Å²) in [7, 11) is 0. The van der Waals surface area contributed by atoms with Crippen LogP contribution < -0.4 is 16.4 Å². The molecule has 132 valence electrons. The summed E-state index contributed by atoms with van der Waals surface area (Å²) in [4.78, 5) is 19.6. The molecule has 0 unspecified atom stereocenters. The highest BCUT2D eigenvalue weighted by atomic mass is 19.2. The fraction of sp³-hybridized carbons (Fsp3) is 0.188. The van der Waals surface area contributed by atoms with Gasteiger partial charge in [0.1, 0.15) is 6.54 Å². The van der Waals surface area contributed by atoms with Gasteiger partial charge in [-0.3, -0.25) is 9.78 Å². The van der Waals surface area contributed by atoms with Gasteiger partial charge in [0.15, 0.2) is 23.4 Å². The topological polar surface area (TPSA) is 92.4 Å². The summed E-state index contributed by atoms with van der Waals surface area (Å²) in [6.45, 7) is 0.0621. The average Bonchev–Trinajstić information content (AvgIpc) is 2.61. The molecule has 0 aliphatic heterocycles. The number of nitrogens with one attached hydrogen (secondary N) is 2. The number of amides is 1. The zero-order chi connectivity index (χ0) is 18.2. The first-order chi connectivity index (χ1) is 12.0. The van der Waals surface area contributed by atoms with Crippen LogP contribution >= 0.6 is 0 Å². The molecule has 2 aromatic rings. The summed E-state index contributed by atoms with van der Waals surface area (Å²) >= 11 is 0. The number of halogens is 3. The maximum atomic E-state index is 13.4. The van der Waals surface area contributed by atoms with Crippen molar-refractivity contribution in [3.63, 3.8) is 0 Å². The molecule has 1 amide bonds. The minimum Gasteiger partial charge on any atom is -0.370 e. The summed E-state index contributed by atoms with van der Waals surface area (Å²) in [6.07, 6.45) is 2.29. The van der Waals surface area contributed by atoms with E-state index in [4.69, 9.17) is 5.73 Å². The summed E-state index contributed by atoms with van der Waals surface area (Å²) in [5, 5.41) is 4.90. The number of anilines is 1. The highest BCUT2D eigenvalue weighted by molar-refractivity contribution is 5.94. The predicted molar refractivity (Wildman–Crippen MR) is 87.4 cm³/mol. The number of carbonyl (C=O) groups excluding carboxylic acids is 1. The van der Waals surface area contributed by atoms with Gasteiger partial charge in [-0.1, -0.05) is 6.07 Å². The van der Waals surface area contributed by atoms with E-state index in [1.165, 1.54) is 0 Å². The summed E-state index contributed by atoms with van der Waals surface area (Å²) in [5.41, 5.74) is 6.01.